The average Bonchev–Trinajstić information content (AvgIpc) is 3.20. The smallest absolute Gasteiger partial charge is 0.122 e. The Kier molecular flexibility index (Phi) is 4.99. The third-order valence-corrected chi connectivity index (χ3v) is 5.21. The first-order chi connectivity index (χ1) is 10.3. The molecule has 0 aromatic carbocycles. The van der Waals surface area contributed by atoms with E-state index in [2.05, 4.69) is 22.8 Å². The highest BCUT2D eigenvalue weighted by molar-refractivity contribution is 5.09. The van der Waals surface area contributed by atoms with E-state index in [9.17, 15) is 0 Å². The molecule has 2 fully saturated rings. The van der Waals surface area contributed by atoms with Gasteiger partial charge in [0.2, 0.25) is 0 Å². The molecule has 0 bridgehead atoms. The van der Waals surface area contributed by atoms with Gasteiger partial charge in [-0.1, -0.05) is 13.3 Å². The molecule has 21 heavy (non-hydrogen) atoms. The number of nitrogens with two attached hydrogens (primary N) is 1. The Hall–Kier alpha value is -0.840. The number of furan rings is 1. The second-order valence-electron chi connectivity index (χ2n) is 6.57. The van der Waals surface area contributed by atoms with E-state index in [0.29, 0.717) is 6.04 Å². The molecule has 0 aliphatic carbocycles. The van der Waals surface area contributed by atoms with Crippen LogP contribution in [0.1, 0.15) is 50.8 Å². The summed E-state index contributed by atoms with van der Waals surface area (Å²) >= 11 is 0. The first kappa shape index (κ1) is 15.1. The Morgan fingerprint density at radius 3 is 2.76 bits per heavy atom. The molecule has 2 aliphatic rings. The minimum Gasteiger partial charge on any atom is -0.468 e. The van der Waals surface area contributed by atoms with Gasteiger partial charge < -0.3 is 10.2 Å². The molecule has 1 aromatic rings. The Bertz CT molecular complexity index is 414. The second-order valence-corrected chi connectivity index (χ2v) is 6.57. The van der Waals surface area contributed by atoms with E-state index in [-0.39, 0.29) is 12.1 Å². The molecule has 0 saturated carbocycles. The van der Waals surface area contributed by atoms with Crippen LogP contribution in [0.3, 0.4) is 0 Å². The van der Waals surface area contributed by atoms with Crippen molar-refractivity contribution in [2.24, 2.45) is 5.73 Å². The van der Waals surface area contributed by atoms with E-state index in [1.54, 1.807) is 6.26 Å². The van der Waals surface area contributed by atoms with E-state index < -0.39 is 0 Å². The van der Waals surface area contributed by atoms with Crippen LogP contribution in [0.5, 0.6) is 0 Å². The largest absolute Gasteiger partial charge is 0.468 e. The van der Waals surface area contributed by atoms with Crippen LogP contribution in [-0.2, 0) is 0 Å². The second kappa shape index (κ2) is 6.95. The summed E-state index contributed by atoms with van der Waals surface area (Å²) in [6, 6.07) is 5.15. The highest BCUT2D eigenvalue weighted by Crippen LogP contribution is 2.31. The first-order valence-electron chi connectivity index (χ1n) is 8.56. The van der Waals surface area contributed by atoms with Gasteiger partial charge in [-0.05, 0) is 50.9 Å². The minimum atomic E-state index is 0.149. The quantitative estimate of drug-likeness (QED) is 0.906. The van der Waals surface area contributed by atoms with Gasteiger partial charge in [0.15, 0.2) is 0 Å². The van der Waals surface area contributed by atoms with Gasteiger partial charge >= 0.3 is 0 Å². The van der Waals surface area contributed by atoms with Gasteiger partial charge in [0.1, 0.15) is 5.76 Å². The van der Waals surface area contributed by atoms with Crippen LogP contribution in [0.15, 0.2) is 22.8 Å². The summed E-state index contributed by atoms with van der Waals surface area (Å²) in [4.78, 5) is 5.24. The number of likely N-dealkylation sites (tertiary alicyclic amines) is 2. The Morgan fingerprint density at radius 1 is 1.29 bits per heavy atom. The highest BCUT2D eigenvalue weighted by Gasteiger charge is 2.35. The van der Waals surface area contributed by atoms with E-state index in [1.165, 1.54) is 38.8 Å². The van der Waals surface area contributed by atoms with E-state index in [0.717, 1.165) is 25.3 Å². The highest BCUT2D eigenvalue weighted by atomic mass is 16.3. The molecular weight excluding hydrogens is 262 g/mol. The number of hydrogen-bond acceptors (Lipinski definition) is 4. The van der Waals surface area contributed by atoms with Gasteiger partial charge in [-0.2, -0.15) is 0 Å². The lowest BCUT2D eigenvalue weighted by Crippen LogP contribution is -2.44. The van der Waals surface area contributed by atoms with Crippen molar-refractivity contribution in [3.05, 3.63) is 24.2 Å². The molecule has 1 aromatic heterocycles. The fourth-order valence-electron chi connectivity index (χ4n) is 3.95. The maximum Gasteiger partial charge on any atom is 0.122 e. The van der Waals surface area contributed by atoms with Crippen molar-refractivity contribution in [1.82, 2.24) is 9.80 Å². The lowest BCUT2D eigenvalue weighted by atomic mass is 10.0. The SMILES string of the molecule is CCC(N)C(c1ccco1)N1CCC(N2CCCCC2)C1. The molecule has 2 saturated heterocycles. The molecule has 4 heteroatoms. The van der Waals surface area contributed by atoms with Crippen molar-refractivity contribution in [3.63, 3.8) is 0 Å². The molecule has 0 amide bonds. The molecule has 2 N–H and O–H groups in total. The molecule has 3 rings (SSSR count). The van der Waals surface area contributed by atoms with E-state index in [1.807, 2.05) is 6.07 Å². The van der Waals surface area contributed by atoms with Crippen molar-refractivity contribution in [1.29, 1.82) is 0 Å². The van der Waals surface area contributed by atoms with Gasteiger partial charge in [-0.3, -0.25) is 9.80 Å². The van der Waals surface area contributed by atoms with Gasteiger partial charge in [-0.15, -0.1) is 0 Å². The Morgan fingerprint density at radius 2 is 2.10 bits per heavy atom. The summed E-state index contributed by atoms with van der Waals surface area (Å²) in [7, 11) is 0. The van der Waals surface area contributed by atoms with Crippen LogP contribution in [0.25, 0.3) is 0 Å². The van der Waals surface area contributed by atoms with Crippen molar-refractivity contribution in [2.75, 3.05) is 26.2 Å². The monoisotopic (exact) mass is 291 g/mol. The van der Waals surface area contributed by atoms with Crippen molar-refractivity contribution in [3.8, 4) is 0 Å². The maximum absolute atomic E-state index is 6.40. The summed E-state index contributed by atoms with van der Waals surface area (Å²) < 4.78 is 5.68. The number of nitrogens with zero attached hydrogens (tertiary/aromatic N) is 2. The fourth-order valence-corrected chi connectivity index (χ4v) is 3.95. The zero-order chi connectivity index (χ0) is 14.7. The summed E-state index contributed by atoms with van der Waals surface area (Å²) in [6.07, 6.45) is 8.16. The van der Waals surface area contributed by atoms with Crippen LogP contribution in [0.4, 0.5) is 0 Å². The standard InChI is InChI=1S/C17H29N3O/c1-2-15(18)17(16-7-6-12-21-16)20-11-8-14(13-20)19-9-4-3-5-10-19/h6-7,12,14-15,17H,2-5,8-11,13,18H2,1H3. The predicted octanol–water partition coefficient (Wildman–Crippen LogP) is 2.62. The predicted molar refractivity (Wildman–Crippen MR) is 85.1 cm³/mol. The number of piperidine rings is 1. The van der Waals surface area contributed by atoms with Crippen LogP contribution >= 0.6 is 0 Å². The summed E-state index contributed by atoms with van der Waals surface area (Å²) in [5.41, 5.74) is 6.40. The molecule has 3 heterocycles. The molecule has 118 valence electrons. The molecule has 3 atom stereocenters. The molecule has 4 nitrogen and oxygen atoms in total. The minimum absolute atomic E-state index is 0.149. The molecule has 0 spiro atoms. The van der Waals surface area contributed by atoms with Crippen molar-refractivity contribution >= 4 is 0 Å². The van der Waals surface area contributed by atoms with E-state index >= 15 is 0 Å². The lowest BCUT2D eigenvalue weighted by molar-refractivity contribution is 0.136. The zero-order valence-corrected chi connectivity index (χ0v) is 13.2. The van der Waals surface area contributed by atoms with Gasteiger partial charge in [0, 0.05) is 25.2 Å². The maximum atomic E-state index is 6.40. The van der Waals surface area contributed by atoms with Crippen molar-refractivity contribution < 1.29 is 4.42 Å². The molecule has 3 unspecified atom stereocenters. The molecular formula is C17H29N3O. The Labute approximate surface area is 128 Å². The molecule has 0 radical (unpaired) electrons. The molecule has 2 aliphatic heterocycles. The number of hydrogen-bond donors (Lipinski definition) is 1. The average molecular weight is 291 g/mol. The van der Waals surface area contributed by atoms with Gasteiger partial charge in [0.05, 0.1) is 12.3 Å². The first-order valence-corrected chi connectivity index (χ1v) is 8.56. The van der Waals surface area contributed by atoms with Gasteiger partial charge in [-0.25, -0.2) is 0 Å². The summed E-state index contributed by atoms with van der Waals surface area (Å²) in [6.45, 7) is 7.01. The van der Waals surface area contributed by atoms with Crippen LogP contribution in [-0.4, -0.2) is 48.1 Å². The third-order valence-electron chi connectivity index (χ3n) is 5.21. The Balaban J connectivity index is 1.67. The fraction of sp³-hybridized carbons (Fsp3) is 0.765. The zero-order valence-electron chi connectivity index (χ0n) is 13.2. The summed E-state index contributed by atoms with van der Waals surface area (Å²) in [5.74, 6) is 1.03. The van der Waals surface area contributed by atoms with Crippen molar-refractivity contribution in [2.45, 2.75) is 57.2 Å². The number of rotatable bonds is 5. The van der Waals surface area contributed by atoms with Crippen LogP contribution < -0.4 is 5.73 Å². The topological polar surface area (TPSA) is 45.6 Å². The van der Waals surface area contributed by atoms with Crippen LogP contribution in [0, 0.1) is 0 Å². The lowest BCUT2D eigenvalue weighted by Gasteiger charge is -2.34. The van der Waals surface area contributed by atoms with E-state index in [4.69, 9.17) is 10.2 Å². The normalized spacial score (nSPS) is 27.8. The summed E-state index contributed by atoms with van der Waals surface area (Å²) in [5, 5.41) is 0. The third kappa shape index (κ3) is 3.33. The van der Waals surface area contributed by atoms with Crippen LogP contribution in [0.2, 0.25) is 0 Å². The van der Waals surface area contributed by atoms with Gasteiger partial charge in [0.25, 0.3) is 0 Å².